The zero-order valence-corrected chi connectivity index (χ0v) is 12.0. The van der Waals surface area contributed by atoms with Crippen LogP contribution in [0.25, 0.3) is 0 Å². The Kier molecular flexibility index (Phi) is 3.96. The summed E-state index contributed by atoms with van der Waals surface area (Å²) in [5.74, 6) is 5.35. The van der Waals surface area contributed by atoms with Crippen LogP contribution in [0, 0.1) is 29.6 Å². The highest BCUT2D eigenvalue weighted by molar-refractivity contribution is 5.77. The molecule has 0 radical (unpaired) electrons. The van der Waals surface area contributed by atoms with E-state index in [1.54, 1.807) is 7.11 Å². The van der Waals surface area contributed by atoms with Crippen molar-refractivity contribution >= 4 is 5.96 Å². The minimum Gasteiger partial charge on any atom is -0.383 e. The van der Waals surface area contributed by atoms with Gasteiger partial charge in [0.05, 0.1) is 6.61 Å². The zero-order chi connectivity index (χ0) is 13.2. The summed E-state index contributed by atoms with van der Waals surface area (Å²) in [6.45, 7) is 2.35. The van der Waals surface area contributed by atoms with Crippen molar-refractivity contribution in [1.29, 1.82) is 0 Å². The van der Waals surface area contributed by atoms with Gasteiger partial charge in [-0.15, -0.1) is 0 Å². The van der Waals surface area contributed by atoms with E-state index in [0.29, 0.717) is 12.6 Å². The Bertz CT molecular complexity index is 314. The number of ether oxygens (including phenoxy) is 1. The van der Waals surface area contributed by atoms with Crippen LogP contribution in [-0.4, -0.2) is 32.8 Å². The van der Waals surface area contributed by atoms with Gasteiger partial charge in [0.2, 0.25) is 0 Å². The highest BCUT2D eigenvalue weighted by Gasteiger charge is 2.47. The SMILES string of the molecule is COCCNC(N)=NCC1C2CC3CC(C2)CC1C3. The van der Waals surface area contributed by atoms with E-state index in [0.717, 1.165) is 42.7 Å². The summed E-state index contributed by atoms with van der Waals surface area (Å²) in [5, 5.41) is 3.11. The predicted octanol–water partition coefficient (Wildman–Crippen LogP) is 1.61. The second-order valence-electron chi connectivity index (χ2n) is 6.74. The first-order valence-electron chi connectivity index (χ1n) is 7.79. The first kappa shape index (κ1) is 13.2. The van der Waals surface area contributed by atoms with E-state index in [4.69, 9.17) is 10.5 Å². The third-order valence-electron chi connectivity index (χ3n) is 5.51. The van der Waals surface area contributed by atoms with Crippen LogP contribution in [0.2, 0.25) is 0 Å². The maximum atomic E-state index is 5.90. The number of rotatable bonds is 5. The van der Waals surface area contributed by atoms with Gasteiger partial charge in [-0.25, -0.2) is 0 Å². The van der Waals surface area contributed by atoms with E-state index in [2.05, 4.69) is 10.3 Å². The van der Waals surface area contributed by atoms with Gasteiger partial charge in [0.15, 0.2) is 5.96 Å². The Balaban J connectivity index is 1.51. The van der Waals surface area contributed by atoms with Crippen molar-refractivity contribution in [2.24, 2.45) is 40.3 Å². The van der Waals surface area contributed by atoms with Gasteiger partial charge in [-0.3, -0.25) is 4.99 Å². The molecule has 0 aliphatic heterocycles. The molecule has 4 bridgehead atoms. The second kappa shape index (κ2) is 5.70. The van der Waals surface area contributed by atoms with Gasteiger partial charge in [0.1, 0.15) is 0 Å². The smallest absolute Gasteiger partial charge is 0.188 e. The summed E-state index contributed by atoms with van der Waals surface area (Å²) in [7, 11) is 1.70. The number of hydrogen-bond acceptors (Lipinski definition) is 2. The number of guanidine groups is 1. The number of aliphatic imine (C=N–C) groups is 1. The molecule has 0 spiro atoms. The zero-order valence-electron chi connectivity index (χ0n) is 12.0. The third-order valence-corrected chi connectivity index (χ3v) is 5.51. The standard InChI is InChI=1S/C15H27N3O/c1-19-3-2-17-15(16)18-9-14-12-5-10-4-11(7-12)8-13(14)6-10/h10-14H,2-9H2,1H3,(H3,16,17,18). The summed E-state index contributed by atoms with van der Waals surface area (Å²) in [5.41, 5.74) is 5.90. The second-order valence-corrected chi connectivity index (χ2v) is 6.74. The van der Waals surface area contributed by atoms with E-state index in [1.807, 2.05) is 0 Å². The van der Waals surface area contributed by atoms with Crippen molar-refractivity contribution in [2.75, 3.05) is 26.8 Å². The van der Waals surface area contributed by atoms with Crippen LogP contribution in [0.1, 0.15) is 32.1 Å². The largest absolute Gasteiger partial charge is 0.383 e. The average Bonchev–Trinajstić information content (AvgIpc) is 2.37. The number of methoxy groups -OCH3 is 1. The molecule has 0 aromatic carbocycles. The highest BCUT2D eigenvalue weighted by atomic mass is 16.5. The maximum absolute atomic E-state index is 5.90. The van der Waals surface area contributed by atoms with E-state index < -0.39 is 0 Å². The molecule has 0 heterocycles. The lowest BCUT2D eigenvalue weighted by atomic mass is 9.52. The molecule has 108 valence electrons. The Hall–Kier alpha value is -0.770. The van der Waals surface area contributed by atoms with E-state index in [9.17, 15) is 0 Å². The molecule has 4 nitrogen and oxygen atoms in total. The summed E-state index contributed by atoms with van der Waals surface area (Å²) in [6, 6.07) is 0. The first-order chi connectivity index (χ1) is 9.26. The van der Waals surface area contributed by atoms with Gasteiger partial charge in [0.25, 0.3) is 0 Å². The topological polar surface area (TPSA) is 59.6 Å². The fourth-order valence-corrected chi connectivity index (χ4v) is 4.88. The molecule has 0 aromatic rings. The first-order valence-corrected chi connectivity index (χ1v) is 7.79. The van der Waals surface area contributed by atoms with Crippen LogP contribution >= 0.6 is 0 Å². The van der Waals surface area contributed by atoms with Gasteiger partial charge in [-0.05, 0) is 61.7 Å². The summed E-state index contributed by atoms with van der Waals surface area (Å²) in [6.07, 6.45) is 7.37. The van der Waals surface area contributed by atoms with E-state index >= 15 is 0 Å². The fourth-order valence-electron chi connectivity index (χ4n) is 4.88. The lowest BCUT2D eigenvalue weighted by molar-refractivity contribution is -0.0320. The minimum absolute atomic E-state index is 0.589. The molecule has 0 saturated heterocycles. The number of hydrogen-bond donors (Lipinski definition) is 2. The molecule has 0 atom stereocenters. The molecule has 4 fully saturated rings. The maximum Gasteiger partial charge on any atom is 0.188 e. The molecule has 0 amide bonds. The molecule has 3 N–H and O–H groups in total. The Labute approximate surface area is 116 Å². The summed E-state index contributed by atoms with van der Waals surface area (Å²) in [4.78, 5) is 4.57. The van der Waals surface area contributed by atoms with Crippen LogP contribution in [0.15, 0.2) is 4.99 Å². The quantitative estimate of drug-likeness (QED) is 0.451. The van der Waals surface area contributed by atoms with Crippen LogP contribution in [0.4, 0.5) is 0 Å². The van der Waals surface area contributed by atoms with E-state index in [1.165, 1.54) is 32.1 Å². The van der Waals surface area contributed by atoms with Crippen molar-refractivity contribution in [1.82, 2.24) is 5.32 Å². The summed E-state index contributed by atoms with van der Waals surface area (Å²) < 4.78 is 4.99. The molecule has 0 unspecified atom stereocenters. The normalized spacial score (nSPS) is 40.7. The summed E-state index contributed by atoms with van der Waals surface area (Å²) >= 11 is 0. The lowest BCUT2D eigenvalue weighted by Crippen LogP contribution is -2.46. The number of nitrogens with one attached hydrogen (secondary N) is 1. The molecule has 4 aliphatic rings. The van der Waals surface area contributed by atoms with Crippen LogP contribution < -0.4 is 11.1 Å². The van der Waals surface area contributed by atoms with Crippen LogP contribution in [-0.2, 0) is 4.74 Å². The lowest BCUT2D eigenvalue weighted by Gasteiger charge is -2.54. The van der Waals surface area contributed by atoms with Crippen molar-refractivity contribution in [3.63, 3.8) is 0 Å². The van der Waals surface area contributed by atoms with Crippen molar-refractivity contribution in [3.8, 4) is 0 Å². The predicted molar refractivity (Wildman–Crippen MR) is 76.9 cm³/mol. The van der Waals surface area contributed by atoms with Crippen LogP contribution in [0.3, 0.4) is 0 Å². The van der Waals surface area contributed by atoms with Gasteiger partial charge in [0, 0.05) is 20.2 Å². The number of nitrogens with zero attached hydrogens (tertiary/aromatic N) is 1. The number of nitrogens with two attached hydrogens (primary N) is 1. The fraction of sp³-hybridized carbons (Fsp3) is 0.933. The molecule has 4 aliphatic carbocycles. The molecule has 19 heavy (non-hydrogen) atoms. The molecule has 4 rings (SSSR count). The third kappa shape index (κ3) is 2.88. The molecular weight excluding hydrogens is 238 g/mol. The van der Waals surface area contributed by atoms with Gasteiger partial charge in [-0.1, -0.05) is 0 Å². The molecule has 4 heteroatoms. The minimum atomic E-state index is 0.589. The Morgan fingerprint density at radius 2 is 1.79 bits per heavy atom. The molecular formula is C15H27N3O. The van der Waals surface area contributed by atoms with Gasteiger partial charge >= 0.3 is 0 Å². The van der Waals surface area contributed by atoms with Crippen molar-refractivity contribution in [2.45, 2.75) is 32.1 Å². The highest BCUT2D eigenvalue weighted by Crippen LogP contribution is 2.56. The monoisotopic (exact) mass is 265 g/mol. The van der Waals surface area contributed by atoms with Crippen LogP contribution in [0.5, 0.6) is 0 Å². The van der Waals surface area contributed by atoms with Crippen molar-refractivity contribution in [3.05, 3.63) is 0 Å². The Morgan fingerprint density at radius 1 is 1.16 bits per heavy atom. The van der Waals surface area contributed by atoms with Crippen molar-refractivity contribution < 1.29 is 4.74 Å². The Morgan fingerprint density at radius 3 is 2.37 bits per heavy atom. The average molecular weight is 265 g/mol. The molecule has 4 saturated carbocycles. The van der Waals surface area contributed by atoms with Gasteiger partial charge < -0.3 is 15.8 Å². The molecule has 0 aromatic heterocycles. The van der Waals surface area contributed by atoms with Gasteiger partial charge in [-0.2, -0.15) is 0 Å². The van der Waals surface area contributed by atoms with E-state index in [-0.39, 0.29) is 0 Å².